The zero-order valence-electron chi connectivity index (χ0n) is 11.3. The van der Waals surface area contributed by atoms with E-state index in [4.69, 9.17) is 9.94 Å². The summed E-state index contributed by atoms with van der Waals surface area (Å²) in [5.41, 5.74) is 2.79. The first-order valence-electron chi connectivity index (χ1n) is 7.02. The smallest absolute Gasteiger partial charge is 0.258 e. The molecule has 2 N–H and O–H groups in total. The van der Waals surface area contributed by atoms with Gasteiger partial charge in [-0.1, -0.05) is 11.2 Å². The quantitative estimate of drug-likeness (QED) is 0.650. The molecule has 0 radical (unpaired) electrons. The number of nitrogens with one attached hydrogen (secondary N) is 1. The van der Waals surface area contributed by atoms with Gasteiger partial charge in [0.25, 0.3) is 5.91 Å². The summed E-state index contributed by atoms with van der Waals surface area (Å²) in [4.78, 5) is 11.6. The van der Waals surface area contributed by atoms with E-state index in [1.165, 1.54) is 5.56 Å². The van der Waals surface area contributed by atoms with Crippen molar-refractivity contribution in [2.75, 3.05) is 6.61 Å². The molecule has 3 rings (SSSR count). The van der Waals surface area contributed by atoms with Gasteiger partial charge in [-0.25, -0.2) is 0 Å². The molecule has 1 amide bonds. The van der Waals surface area contributed by atoms with Crippen molar-refractivity contribution in [3.05, 3.63) is 29.3 Å². The van der Waals surface area contributed by atoms with Gasteiger partial charge in [0.2, 0.25) is 0 Å². The largest absolute Gasteiger partial charge is 0.484 e. The lowest BCUT2D eigenvalue weighted by Gasteiger charge is -2.17. The number of rotatable bonds is 4. The number of nitrogens with zero attached hydrogens (tertiary/aromatic N) is 1. The van der Waals surface area contributed by atoms with Crippen LogP contribution < -0.4 is 10.1 Å². The van der Waals surface area contributed by atoms with E-state index in [2.05, 4.69) is 10.5 Å². The normalized spacial score (nSPS) is 19.5. The van der Waals surface area contributed by atoms with Gasteiger partial charge >= 0.3 is 0 Å². The third-order valence-corrected chi connectivity index (χ3v) is 3.69. The van der Waals surface area contributed by atoms with Crippen molar-refractivity contribution in [2.45, 2.75) is 38.1 Å². The highest BCUT2D eigenvalue weighted by atomic mass is 16.5. The summed E-state index contributed by atoms with van der Waals surface area (Å²) >= 11 is 0. The number of oxime groups is 1. The Labute approximate surface area is 117 Å². The molecule has 0 heterocycles. The van der Waals surface area contributed by atoms with E-state index in [0.29, 0.717) is 17.5 Å². The molecule has 0 unspecified atom stereocenters. The van der Waals surface area contributed by atoms with Crippen LogP contribution in [0.3, 0.4) is 0 Å². The van der Waals surface area contributed by atoms with Crippen LogP contribution in [0, 0.1) is 0 Å². The molecule has 0 aromatic heterocycles. The molecule has 5 heteroatoms. The van der Waals surface area contributed by atoms with Crippen LogP contribution in [0.2, 0.25) is 0 Å². The molecule has 1 fully saturated rings. The number of amides is 1. The van der Waals surface area contributed by atoms with E-state index >= 15 is 0 Å². The van der Waals surface area contributed by atoms with Crippen LogP contribution >= 0.6 is 0 Å². The maximum absolute atomic E-state index is 11.6. The number of benzene rings is 1. The topological polar surface area (TPSA) is 70.9 Å². The third kappa shape index (κ3) is 2.92. The van der Waals surface area contributed by atoms with Gasteiger partial charge in [0.15, 0.2) is 6.61 Å². The number of carbonyl (C=O) groups is 1. The van der Waals surface area contributed by atoms with Gasteiger partial charge in [-0.15, -0.1) is 0 Å². The molecular weight excluding hydrogens is 256 g/mol. The highest BCUT2D eigenvalue weighted by Gasteiger charge is 2.23. The van der Waals surface area contributed by atoms with Crippen LogP contribution in [0.25, 0.3) is 0 Å². The Morgan fingerprint density at radius 1 is 1.40 bits per heavy atom. The SMILES string of the molecule is O=C(COc1ccc2c(c1)/C(=N\O)CCC2)NC1CC1. The molecule has 106 valence electrons. The molecule has 0 saturated heterocycles. The molecule has 1 aromatic carbocycles. The van der Waals surface area contributed by atoms with Gasteiger partial charge in [-0.2, -0.15) is 0 Å². The van der Waals surface area contributed by atoms with E-state index in [9.17, 15) is 4.79 Å². The lowest BCUT2D eigenvalue weighted by atomic mass is 9.90. The van der Waals surface area contributed by atoms with Gasteiger partial charge in [-0.3, -0.25) is 4.79 Å². The van der Waals surface area contributed by atoms with Crippen molar-refractivity contribution in [3.8, 4) is 5.75 Å². The minimum Gasteiger partial charge on any atom is -0.484 e. The average Bonchev–Trinajstić information content (AvgIpc) is 3.28. The Morgan fingerprint density at radius 2 is 2.25 bits per heavy atom. The van der Waals surface area contributed by atoms with Crippen molar-refractivity contribution in [1.29, 1.82) is 0 Å². The maximum atomic E-state index is 11.6. The maximum Gasteiger partial charge on any atom is 0.258 e. The fourth-order valence-electron chi connectivity index (χ4n) is 2.46. The zero-order valence-corrected chi connectivity index (χ0v) is 11.3. The van der Waals surface area contributed by atoms with E-state index in [1.807, 2.05) is 18.2 Å². The number of fused-ring (bicyclic) bond motifs is 1. The van der Waals surface area contributed by atoms with Crippen LogP contribution in [0.5, 0.6) is 5.75 Å². The van der Waals surface area contributed by atoms with E-state index in [-0.39, 0.29) is 12.5 Å². The highest BCUT2D eigenvalue weighted by Crippen LogP contribution is 2.26. The minimum absolute atomic E-state index is 0.0287. The van der Waals surface area contributed by atoms with E-state index in [0.717, 1.165) is 37.7 Å². The number of hydrogen-bond acceptors (Lipinski definition) is 4. The Bertz CT molecular complexity index is 550. The first kappa shape index (κ1) is 13.0. The van der Waals surface area contributed by atoms with Crippen molar-refractivity contribution < 1.29 is 14.7 Å². The molecule has 1 saturated carbocycles. The number of hydrogen-bond donors (Lipinski definition) is 2. The van der Waals surface area contributed by atoms with Gasteiger partial charge < -0.3 is 15.3 Å². The predicted octanol–water partition coefficient (Wildman–Crippen LogP) is 1.86. The van der Waals surface area contributed by atoms with Crippen molar-refractivity contribution in [1.82, 2.24) is 5.32 Å². The summed E-state index contributed by atoms with van der Waals surface area (Å²) in [6, 6.07) is 6.05. The molecule has 0 aliphatic heterocycles. The second-order valence-electron chi connectivity index (χ2n) is 5.35. The standard InChI is InChI=1S/C15H18N2O3/c18-15(16-11-5-6-11)9-20-12-7-4-10-2-1-3-14(17-19)13(10)8-12/h4,7-8,11,19H,1-3,5-6,9H2,(H,16,18)/b17-14-. The van der Waals surface area contributed by atoms with E-state index in [1.54, 1.807) is 0 Å². The Balaban J connectivity index is 1.66. The van der Waals surface area contributed by atoms with Gasteiger partial charge in [-0.05, 0) is 49.8 Å². The fourth-order valence-corrected chi connectivity index (χ4v) is 2.46. The molecule has 0 atom stereocenters. The minimum atomic E-state index is -0.0822. The number of ether oxygens (including phenoxy) is 1. The molecule has 0 bridgehead atoms. The Kier molecular flexibility index (Phi) is 3.58. The van der Waals surface area contributed by atoms with Crippen LogP contribution in [0.15, 0.2) is 23.4 Å². The van der Waals surface area contributed by atoms with Gasteiger partial charge in [0.05, 0.1) is 5.71 Å². The van der Waals surface area contributed by atoms with Crippen LogP contribution in [-0.2, 0) is 11.2 Å². The summed E-state index contributed by atoms with van der Waals surface area (Å²) in [7, 11) is 0. The summed E-state index contributed by atoms with van der Waals surface area (Å²) in [5, 5.41) is 15.3. The zero-order chi connectivity index (χ0) is 13.9. The summed E-state index contributed by atoms with van der Waals surface area (Å²) in [6.45, 7) is 0.0287. The lowest BCUT2D eigenvalue weighted by molar-refractivity contribution is -0.123. The molecule has 5 nitrogen and oxygen atoms in total. The molecule has 0 spiro atoms. The molecule has 1 aromatic rings. The highest BCUT2D eigenvalue weighted by molar-refractivity contribution is 6.02. The van der Waals surface area contributed by atoms with Crippen molar-refractivity contribution >= 4 is 11.6 Å². The first-order valence-corrected chi connectivity index (χ1v) is 7.02. The van der Waals surface area contributed by atoms with Gasteiger partial charge in [0, 0.05) is 11.6 Å². The second kappa shape index (κ2) is 5.53. The molecule has 2 aliphatic rings. The number of aryl methyl sites for hydroxylation is 1. The monoisotopic (exact) mass is 274 g/mol. The molecular formula is C15H18N2O3. The first-order chi connectivity index (χ1) is 9.76. The molecule has 20 heavy (non-hydrogen) atoms. The summed E-state index contributed by atoms with van der Waals surface area (Å²) < 4.78 is 5.51. The fraction of sp³-hybridized carbons (Fsp3) is 0.467. The summed E-state index contributed by atoms with van der Waals surface area (Å²) in [5.74, 6) is 0.555. The predicted molar refractivity (Wildman–Crippen MR) is 74.4 cm³/mol. The third-order valence-electron chi connectivity index (χ3n) is 3.69. The van der Waals surface area contributed by atoms with Gasteiger partial charge in [0.1, 0.15) is 5.75 Å². The average molecular weight is 274 g/mol. The van der Waals surface area contributed by atoms with Crippen LogP contribution in [-0.4, -0.2) is 29.5 Å². The van der Waals surface area contributed by atoms with Crippen molar-refractivity contribution in [2.24, 2.45) is 5.16 Å². The summed E-state index contributed by atoms with van der Waals surface area (Å²) in [6.07, 6.45) is 4.89. The molecule has 2 aliphatic carbocycles. The van der Waals surface area contributed by atoms with E-state index < -0.39 is 0 Å². The number of carbonyl (C=O) groups excluding carboxylic acids is 1. The second-order valence-corrected chi connectivity index (χ2v) is 5.35. The Morgan fingerprint density at radius 3 is 3.00 bits per heavy atom. The Hall–Kier alpha value is -2.04. The lowest BCUT2D eigenvalue weighted by Crippen LogP contribution is -2.30. The van der Waals surface area contributed by atoms with Crippen molar-refractivity contribution in [3.63, 3.8) is 0 Å². The van der Waals surface area contributed by atoms with Crippen LogP contribution in [0.4, 0.5) is 0 Å². The van der Waals surface area contributed by atoms with Crippen LogP contribution in [0.1, 0.15) is 36.8 Å².